The Bertz CT molecular complexity index is 1250. The van der Waals surface area contributed by atoms with Gasteiger partial charge in [0.1, 0.15) is 6.61 Å². The Morgan fingerprint density at radius 2 is 0.965 bits per heavy atom. The smallest absolute Gasteiger partial charge is 0.362 e. The molecule has 8 heteroatoms. The maximum atomic E-state index is 12.7. The van der Waals surface area contributed by atoms with Gasteiger partial charge in [0.05, 0.1) is 34.4 Å². The molecule has 0 aromatic rings. The van der Waals surface area contributed by atoms with E-state index in [0.717, 1.165) is 70.6 Å². The molecule has 0 heterocycles. The lowest BCUT2D eigenvalue weighted by atomic mass is 10.1. The molecule has 8 nitrogen and oxygen atoms in total. The maximum Gasteiger partial charge on any atom is 0.362 e. The van der Waals surface area contributed by atoms with E-state index in [0.29, 0.717) is 19.3 Å². The van der Waals surface area contributed by atoms with Crippen molar-refractivity contribution in [1.29, 1.82) is 0 Å². The number of rotatable bonds is 37. The molecule has 0 aliphatic carbocycles. The highest BCUT2D eigenvalue weighted by atomic mass is 16.6. The van der Waals surface area contributed by atoms with Gasteiger partial charge in [-0.15, -0.1) is 0 Å². The van der Waals surface area contributed by atoms with Crippen molar-refractivity contribution >= 4 is 17.9 Å². The van der Waals surface area contributed by atoms with Crippen LogP contribution in [0.2, 0.25) is 0 Å². The number of esters is 2. The predicted molar refractivity (Wildman–Crippen MR) is 238 cm³/mol. The number of unbranched alkanes of at least 4 members (excludes halogenated alkanes) is 7. The Morgan fingerprint density at radius 1 is 0.544 bits per heavy atom. The van der Waals surface area contributed by atoms with Gasteiger partial charge in [-0.05, 0) is 96.3 Å². The molecule has 0 radical (unpaired) electrons. The molecule has 0 saturated carbocycles. The zero-order chi connectivity index (χ0) is 42.1. The van der Waals surface area contributed by atoms with Crippen LogP contribution in [0.3, 0.4) is 0 Å². The fourth-order valence-corrected chi connectivity index (χ4v) is 5.59. The van der Waals surface area contributed by atoms with Gasteiger partial charge in [0.2, 0.25) is 0 Å². The Labute approximate surface area is 347 Å². The van der Waals surface area contributed by atoms with E-state index >= 15 is 0 Å². The van der Waals surface area contributed by atoms with Crippen LogP contribution in [-0.4, -0.2) is 80.6 Å². The first-order chi connectivity index (χ1) is 27.6. The molecule has 2 atom stereocenters. The van der Waals surface area contributed by atoms with Crippen molar-refractivity contribution in [2.24, 2.45) is 0 Å². The normalized spacial score (nSPS) is 13.9. The van der Waals surface area contributed by atoms with Crippen molar-refractivity contribution in [3.8, 4) is 0 Å². The van der Waals surface area contributed by atoms with Crippen LogP contribution in [-0.2, 0) is 28.6 Å². The highest BCUT2D eigenvalue weighted by Crippen LogP contribution is 2.11. The van der Waals surface area contributed by atoms with Gasteiger partial charge in [-0.25, -0.2) is 4.79 Å². The van der Waals surface area contributed by atoms with Crippen LogP contribution >= 0.6 is 0 Å². The summed E-state index contributed by atoms with van der Waals surface area (Å²) in [6.07, 6.45) is 51.8. The number of allylic oxidation sites excluding steroid dienone is 16. The largest absolute Gasteiger partial charge is 0.477 e. The molecule has 0 aliphatic rings. The van der Waals surface area contributed by atoms with Gasteiger partial charge in [-0.2, -0.15) is 0 Å². The Morgan fingerprint density at radius 3 is 1.39 bits per heavy atom. The number of likely N-dealkylation sites (N-methyl/N-ethyl adjacent to an activating group) is 1. The van der Waals surface area contributed by atoms with E-state index in [1.54, 1.807) is 0 Å². The molecule has 0 amide bonds. The van der Waals surface area contributed by atoms with Gasteiger partial charge in [-0.1, -0.05) is 124 Å². The first kappa shape index (κ1) is 53.2. The number of carbonyl (C=O) groups is 3. The lowest BCUT2D eigenvalue weighted by molar-refractivity contribution is -0.887. The second-order valence-electron chi connectivity index (χ2n) is 15.2. The Kier molecular flexibility index (Phi) is 36.5. The van der Waals surface area contributed by atoms with E-state index in [9.17, 15) is 19.5 Å². The summed E-state index contributed by atoms with van der Waals surface area (Å²) in [5.74, 6) is -1.59. The number of hydrogen-bond donors (Lipinski definition) is 1. The van der Waals surface area contributed by atoms with E-state index in [2.05, 4.69) is 111 Å². The monoisotopic (exact) mass is 795 g/mol. The van der Waals surface area contributed by atoms with Gasteiger partial charge in [0, 0.05) is 19.3 Å². The number of ether oxygens (including phenoxy) is 3. The zero-order valence-electron chi connectivity index (χ0n) is 36.5. The minimum absolute atomic E-state index is 0.0250. The average Bonchev–Trinajstić information content (AvgIpc) is 3.17. The summed E-state index contributed by atoms with van der Waals surface area (Å²) in [4.78, 5) is 36.9. The van der Waals surface area contributed by atoms with E-state index < -0.39 is 18.1 Å². The molecule has 322 valence electrons. The first-order valence-electron chi connectivity index (χ1n) is 21.8. The maximum absolute atomic E-state index is 12.7. The fourth-order valence-electron chi connectivity index (χ4n) is 5.59. The summed E-state index contributed by atoms with van der Waals surface area (Å²) >= 11 is 0. The molecule has 2 unspecified atom stereocenters. The molecule has 0 aromatic carbocycles. The molecule has 57 heavy (non-hydrogen) atoms. The summed E-state index contributed by atoms with van der Waals surface area (Å²) in [5.41, 5.74) is 0. The highest BCUT2D eigenvalue weighted by molar-refractivity contribution is 5.72. The summed E-state index contributed by atoms with van der Waals surface area (Å²) < 4.78 is 17.2. The topological polar surface area (TPSA) is 99.1 Å². The second-order valence-corrected chi connectivity index (χ2v) is 15.2. The zero-order valence-corrected chi connectivity index (χ0v) is 36.5. The van der Waals surface area contributed by atoms with E-state index in [1.807, 2.05) is 21.1 Å². The van der Waals surface area contributed by atoms with Crippen LogP contribution in [0.1, 0.15) is 142 Å². The molecule has 0 aromatic heterocycles. The molecular weight excluding hydrogens is 715 g/mol. The number of carboxylic acid groups (broad SMARTS) is 1. The fraction of sp³-hybridized carbons (Fsp3) is 0.612. The number of hydrogen-bond acceptors (Lipinski definition) is 6. The quantitative estimate of drug-likeness (QED) is 0.0289. The SMILES string of the molecule is CC/C=C/C/C=C/C/C=C/CCCCC(=O)OC(COCCC(C(=O)O)[N+](C)(C)C)COC(=O)CCCC/C=C/C/C=C/C/C=C/C/C=C/C/C=C/CCCCC. The predicted octanol–water partition coefficient (Wildman–Crippen LogP) is 11.9. The van der Waals surface area contributed by atoms with Crippen LogP contribution in [0, 0.1) is 0 Å². The standard InChI is InChI=1S/C49H79NO7/c1-6-8-10-12-14-16-18-20-21-22-23-24-25-26-27-28-30-31-33-35-37-39-47(51)56-44-45(43-55-42-41-46(49(53)54)50(3,4)5)57-48(52)40-38-36-34-32-29-19-17-15-13-11-9-7-2/h9,11,14-17,20-21,23-24,26-27,29-32,45-46H,6-8,10,12-13,18-19,22,25,28,33-44H2,1-5H3/p+1/b11-9+,16-14+,17-15+,21-20+,24-23+,27-26+,31-30+,32-29+. The summed E-state index contributed by atoms with van der Waals surface area (Å²) in [5, 5.41) is 9.61. The van der Waals surface area contributed by atoms with Crippen molar-refractivity contribution < 1.29 is 38.2 Å². The minimum Gasteiger partial charge on any atom is -0.477 e. The summed E-state index contributed by atoms with van der Waals surface area (Å²) in [6.45, 7) is 4.47. The first-order valence-corrected chi connectivity index (χ1v) is 21.8. The second kappa shape index (κ2) is 39.1. The minimum atomic E-state index is -0.892. The third-order valence-electron chi connectivity index (χ3n) is 8.97. The number of carboxylic acids is 1. The molecule has 0 fully saturated rings. The molecule has 0 saturated heterocycles. The number of aliphatic carboxylic acids is 1. The molecule has 0 rings (SSSR count). The lowest BCUT2D eigenvalue weighted by Gasteiger charge is -2.31. The van der Waals surface area contributed by atoms with Crippen LogP contribution in [0.25, 0.3) is 0 Å². The third-order valence-corrected chi connectivity index (χ3v) is 8.97. The van der Waals surface area contributed by atoms with Crippen LogP contribution < -0.4 is 0 Å². The third kappa shape index (κ3) is 37.6. The molecule has 0 bridgehead atoms. The number of nitrogens with zero attached hydrogens (tertiary/aromatic N) is 1. The Hall–Kier alpha value is -3.75. The molecule has 0 aliphatic heterocycles. The summed E-state index contributed by atoms with van der Waals surface area (Å²) in [6, 6.07) is -0.633. The van der Waals surface area contributed by atoms with Crippen LogP contribution in [0.4, 0.5) is 0 Å². The number of quaternary nitrogens is 1. The van der Waals surface area contributed by atoms with Crippen LogP contribution in [0.5, 0.6) is 0 Å². The molecule has 1 N–H and O–H groups in total. The lowest BCUT2D eigenvalue weighted by Crippen LogP contribution is -2.50. The van der Waals surface area contributed by atoms with Crippen molar-refractivity contribution in [3.63, 3.8) is 0 Å². The van der Waals surface area contributed by atoms with Crippen molar-refractivity contribution in [2.75, 3.05) is 41.0 Å². The van der Waals surface area contributed by atoms with Crippen molar-refractivity contribution in [1.82, 2.24) is 0 Å². The van der Waals surface area contributed by atoms with E-state index in [1.165, 1.54) is 25.7 Å². The molecule has 0 spiro atoms. The van der Waals surface area contributed by atoms with Gasteiger partial charge >= 0.3 is 17.9 Å². The Balaban J connectivity index is 4.47. The van der Waals surface area contributed by atoms with E-state index in [4.69, 9.17) is 14.2 Å². The van der Waals surface area contributed by atoms with Crippen LogP contribution in [0.15, 0.2) is 97.2 Å². The van der Waals surface area contributed by atoms with Gasteiger partial charge in [-0.3, -0.25) is 9.59 Å². The molecular formula is C49H80NO7+. The average molecular weight is 795 g/mol. The van der Waals surface area contributed by atoms with Gasteiger partial charge < -0.3 is 23.8 Å². The van der Waals surface area contributed by atoms with E-state index in [-0.39, 0.29) is 49.1 Å². The summed E-state index contributed by atoms with van der Waals surface area (Å²) in [7, 11) is 5.48. The van der Waals surface area contributed by atoms with Crippen molar-refractivity contribution in [2.45, 2.75) is 154 Å². The van der Waals surface area contributed by atoms with Gasteiger partial charge in [0.15, 0.2) is 12.1 Å². The number of carbonyl (C=O) groups excluding carboxylic acids is 2. The highest BCUT2D eigenvalue weighted by Gasteiger charge is 2.31. The van der Waals surface area contributed by atoms with Gasteiger partial charge in [0.25, 0.3) is 0 Å². The van der Waals surface area contributed by atoms with Crippen molar-refractivity contribution in [3.05, 3.63) is 97.2 Å².